The Labute approximate surface area is 176 Å². The predicted octanol–water partition coefficient (Wildman–Crippen LogP) is 1.19. The molecule has 1 aliphatic rings. The minimum atomic E-state index is -4.86. The van der Waals surface area contributed by atoms with Crippen molar-refractivity contribution in [3.63, 3.8) is 0 Å². The first-order valence-corrected chi connectivity index (χ1v) is 10.6. The molecule has 3 N–H and O–H groups in total. The van der Waals surface area contributed by atoms with Gasteiger partial charge in [-0.1, -0.05) is 0 Å². The number of halogens is 3. The van der Waals surface area contributed by atoms with Gasteiger partial charge in [0.15, 0.2) is 5.69 Å². The molecule has 13 heteroatoms. The highest BCUT2D eigenvalue weighted by molar-refractivity contribution is 7.84. The highest BCUT2D eigenvalue weighted by Crippen LogP contribution is 2.32. The van der Waals surface area contributed by atoms with Crippen LogP contribution in [0.1, 0.15) is 27.4 Å². The van der Waals surface area contributed by atoms with Crippen LogP contribution in [0.5, 0.6) is 0 Å². The van der Waals surface area contributed by atoms with Crippen molar-refractivity contribution in [1.82, 2.24) is 19.5 Å². The molecule has 1 atom stereocenters. The zero-order valence-corrected chi connectivity index (χ0v) is 17.0. The number of fused-ring (bicyclic) bond motifs is 3. The Morgan fingerprint density at radius 3 is 2.65 bits per heavy atom. The third-order valence-corrected chi connectivity index (χ3v) is 6.01. The number of carbonyl (C=O) groups is 1. The lowest BCUT2D eigenvalue weighted by Gasteiger charge is -2.28. The number of amides is 1. The molecule has 3 heterocycles. The molecule has 1 unspecified atom stereocenters. The Hall–Kier alpha value is -3.06. The van der Waals surface area contributed by atoms with Crippen molar-refractivity contribution >= 4 is 33.7 Å². The zero-order valence-electron chi connectivity index (χ0n) is 16.2. The van der Waals surface area contributed by atoms with Crippen LogP contribution in [0, 0.1) is 0 Å². The molecule has 1 aromatic carbocycles. The number of carbonyl (C=O) groups excluding carboxylic acids is 1. The minimum Gasteiger partial charge on any atom is -0.392 e. The number of nitrogens with zero attached hydrogens (tertiary/aromatic N) is 5. The fraction of sp³-hybridized carbons (Fsp3) is 0.333. The second-order valence-electron chi connectivity index (χ2n) is 6.96. The Bertz CT molecular complexity index is 1230. The maximum absolute atomic E-state index is 13.3. The second-order valence-corrected chi connectivity index (χ2v) is 8.30. The van der Waals surface area contributed by atoms with Crippen molar-refractivity contribution < 1.29 is 27.3 Å². The smallest absolute Gasteiger partial charge is 0.392 e. The van der Waals surface area contributed by atoms with Gasteiger partial charge in [-0.25, -0.2) is 15.0 Å². The summed E-state index contributed by atoms with van der Waals surface area (Å²) in [7, 11) is -1.31. The van der Waals surface area contributed by atoms with Crippen LogP contribution in [0.4, 0.5) is 19.1 Å². The summed E-state index contributed by atoms with van der Waals surface area (Å²) < 4.78 is 53.9. The van der Waals surface area contributed by atoms with E-state index in [2.05, 4.69) is 15.0 Å². The SMILES string of the molecule is CS(=O)c1cc2c(cc1CO)nc1n2CCN(c2ncc(C(N)=O)c(C(F)(F)F)n2)C1. The van der Waals surface area contributed by atoms with Crippen molar-refractivity contribution in [2.45, 2.75) is 30.8 Å². The summed E-state index contributed by atoms with van der Waals surface area (Å²) >= 11 is 0. The number of aliphatic hydroxyl groups is 1. The first-order chi connectivity index (χ1) is 14.6. The number of aromatic nitrogens is 4. The summed E-state index contributed by atoms with van der Waals surface area (Å²) in [6.45, 7) is 0.501. The molecule has 164 valence electrons. The molecule has 0 saturated heterocycles. The molecule has 0 bridgehead atoms. The molecular formula is C18H17F3N6O3S. The zero-order chi connectivity index (χ0) is 22.5. The maximum Gasteiger partial charge on any atom is 0.434 e. The normalized spacial score (nSPS) is 15.2. The van der Waals surface area contributed by atoms with Crippen LogP contribution < -0.4 is 10.6 Å². The van der Waals surface area contributed by atoms with E-state index in [1.54, 1.807) is 12.1 Å². The summed E-state index contributed by atoms with van der Waals surface area (Å²) in [4.78, 5) is 25.3. The number of imidazole rings is 1. The molecule has 31 heavy (non-hydrogen) atoms. The molecule has 0 fully saturated rings. The lowest BCUT2D eigenvalue weighted by molar-refractivity contribution is -0.141. The molecule has 1 amide bonds. The average molecular weight is 454 g/mol. The van der Waals surface area contributed by atoms with Crippen LogP contribution in [0.25, 0.3) is 11.0 Å². The standard InChI is InChI=1S/C18H17F3N6O3S/c1-31(30)13-5-12-11(4-9(13)8-28)24-14-7-26(2-3-27(12)14)17-23-6-10(16(22)29)15(25-17)18(19,20)21/h4-6,28H,2-3,7-8H2,1H3,(H2,22,29). The number of hydrogen-bond acceptors (Lipinski definition) is 7. The average Bonchev–Trinajstić information content (AvgIpc) is 3.08. The van der Waals surface area contributed by atoms with Crippen LogP contribution in [-0.4, -0.2) is 47.5 Å². The van der Waals surface area contributed by atoms with E-state index in [1.165, 1.54) is 11.2 Å². The number of primary amides is 1. The first kappa shape index (κ1) is 21.2. The lowest BCUT2D eigenvalue weighted by Crippen LogP contribution is -2.35. The topological polar surface area (TPSA) is 127 Å². The van der Waals surface area contributed by atoms with Gasteiger partial charge >= 0.3 is 6.18 Å². The molecular weight excluding hydrogens is 437 g/mol. The quantitative estimate of drug-likeness (QED) is 0.606. The van der Waals surface area contributed by atoms with E-state index in [0.29, 0.717) is 28.3 Å². The highest BCUT2D eigenvalue weighted by Gasteiger charge is 2.38. The molecule has 1 aliphatic heterocycles. The molecule has 3 aromatic rings. The van der Waals surface area contributed by atoms with Crippen LogP contribution in [0.15, 0.2) is 23.2 Å². The number of alkyl halides is 3. The van der Waals surface area contributed by atoms with Gasteiger partial charge in [-0.15, -0.1) is 0 Å². The predicted molar refractivity (Wildman–Crippen MR) is 105 cm³/mol. The van der Waals surface area contributed by atoms with E-state index in [9.17, 15) is 27.3 Å². The number of nitrogens with two attached hydrogens (primary N) is 1. The summed E-state index contributed by atoms with van der Waals surface area (Å²) in [5.74, 6) is -0.898. The van der Waals surface area contributed by atoms with Crippen molar-refractivity contribution in [2.24, 2.45) is 5.73 Å². The van der Waals surface area contributed by atoms with E-state index in [1.807, 2.05) is 4.57 Å². The first-order valence-electron chi connectivity index (χ1n) is 9.05. The van der Waals surface area contributed by atoms with E-state index >= 15 is 0 Å². The monoisotopic (exact) mass is 454 g/mol. The van der Waals surface area contributed by atoms with Crippen molar-refractivity contribution in [3.8, 4) is 0 Å². The number of aliphatic hydroxyl groups excluding tert-OH is 1. The Balaban J connectivity index is 1.73. The van der Waals surface area contributed by atoms with E-state index in [0.717, 1.165) is 11.7 Å². The van der Waals surface area contributed by atoms with Crippen molar-refractivity contribution in [1.29, 1.82) is 0 Å². The van der Waals surface area contributed by atoms with Gasteiger partial charge in [0.2, 0.25) is 5.95 Å². The van der Waals surface area contributed by atoms with Gasteiger partial charge in [-0.05, 0) is 17.7 Å². The van der Waals surface area contributed by atoms with Gasteiger partial charge in [0.05, 0.1) is 40.5 Å². The number of hydrogen-bond donors (Lipinski definition) is 2. The molecule has 4 rings (SSSR count). The molecule has 0 saturated carbocycles. The molecule has 9 nitrogen and oxygen atoms in total. The molecule has 2 aromatic heterocycles. The second kappa shape index (κ2) is 7.57. The van der Waals surface area contributed by atoms with Gasteiger partial charge in [0.25, 0.3) is 5.91 Å². The van der Waals surface area contributed by atoms with Crippen molar-refractivity contribution in [3.05, 3.63) is 41.0 Å². The molecule has 0 aliphatic carbocycles. The van der Waals surface area contributed by atoms with Gasteiger partial charge in [-0.3, -0.25) is 9.00 Å². The fourth-order valence-corrected chi connectivity index (χ4v) is 4.34. The lowest BCUT2D eigenvalue weighted by atomic mass is 10.2. The number of rotatable bonds is 4. The van der Waals surface area contributed by atoms with Crippen LogP contribution in [0.3, 0.4) is 0 Å². The van der Waals surface area contributed by atoms with E-state index in [4.69, 9.17) is 5.73 Å². The van der Waals surface area contributed by atoms with Crippen LogP contribution >= 0.6 is 0 Å². The third kappa shape index (κ3) is 3.74. The highest BCUT2D eigenvalue weighted by atomic mass is 32.2. The molecule has 0 spiro atoms. The fourth-order valence-electron chi connectivity index (χ4n) is 3.57. The Morgan fingerprint density at radius 2 is 2.03 bits per heavy atom. The van der Waals surface area contributed by atoms with Gasteiger partial charge in [0, 0.05) is 30.4 Å². The third-order valence-electron chi connectivity index (χ3n) is 5.01. The number of anilines is 1. The Kier molecular flexibility index (Phi) is 5.17. The maximum atomic E-state index is 13.3. The van der Waals surface area contributed by atoms with E-state index in [-0.39, 0.29) is 25.6 Å². The summed E-state index contributed by atoms with van der Waals surface area (Å²) in [5, 5.41) is 9.55. The largest absolute Gasteiger partial charge is 0.434 e. The summed E-state index contributed by atoms with van der Waals surface area (Å²) in [6, 6.07) is 3.37. The summed E-state index contributed by atoms with van der Waals surface area (Å²) in [5.41, 5.74) is 4.64. The van der Waals surface area contributed by atoms with E-state index < -0.39 is 34.1 Å². The minimum absolute atomic E-state index is 0.126. The van der Waals surface area contributed by atoms with Gasteiger partial charge < -0.3 is 20.3 Å². The van der Waals surface area contributed by atoms with Gasteiger partial charge in [-0.2, -0.15) is 13.2 Å². The van der Waals surface area contributed by atoms with Crippen molar-refractivity contribution in [2.75, 3.05) is 17.7 Å². The molecule has 0 radical (unpaired) electrons. The van der Waals surface area contributed by atoms with Gasteiger partial charge in [0.1, 0.15) is 5.82 Å². The van der Waals surface area contributed by atoms with Crippen LogP contribution in [-0.2, 0) is 36.7 Å². The van der Waals surface area contributed by atoms with Crippen LogP contribution in [0.2, 0.25) is 0 Å². The Morgan fingerprint density at radius 1 is 1.29 bits per heavy atom. The summed E-state index contributed by atoms with van der Waals surface area (Å²) in [6.07, 6.45) is -2.57. The number of benzene rings is 1.